The van der Waals surface area contributed by atoms with E-state index in [1.807, 2.05) is 0 Å². The molecule has 112 valence electrons. The second-order valence-electron chi connectivity index (χ2n) is 4.69. The summed E-state index contributed by atoms with van der Waals surface area (Å²) in [6, 6.07) is 13.6. The number of halogens is 2. The molecule has 0 amide bonds. The molecule has 0 fully saturated rings. The van der Waals surface area contributed by atoms with Crippen molar-refractivity contribution in [3.05, 3.63) is 64.3 Å². The van der Waals surface area contributed by atoms with Crippen LogP contribution in [0.3, 0.4) is 0 Å². The third kappa shape index (κ3) is 3.06. The summed E-state index contributed by atoms with van der Waals surface area (Å²) in [4.78, 5) is 8.25. The maximum Gasteiger partial charge on any atom is 0.202 e. The van der Waals surface area contributed by atoms with E-state index in [2.05, 4.69) is 9.97 Å². The van der Waals surface area contributed by atoms with E-state index < -0.39 is 9.84 Å². The Morgan fingerprint density at radius 3 is 2.09 bits per heavy atom. The number of hydrogen-bond donors (Lipinski definition) is 0. The van der Waals surface area contributed by atoms with Crippen molar-refractivity contribution < 1.29 is 8.42 Å². The highest BCUT2D eigenvalue weighted by Crippen LogP contribution is 2.24. The zero-order valence-electron chi connectivity index (χ0n) is 11.2. The molecule has 1 heterocycles. The lowest BCUT2D eigenvalue weighted by molar-refractivity contribution is 0.591. The number of nitrogens with zero attached hydrogens (tertiary/aromatic N) is 2. The molecule has 4 nitrogen and oxygen atoms in total. The molecule has 7 heteroatoms. The lowest BCUT2D eigenvalue weighted by atomic mass is 10.2. The third-order valence-corrected chi connectivity index (χ3v) is 5.28. The minimum absolute atomic E-state index is 0.118. The second-order valence-corrected chi connectivity index (χ2v) is 7.39. The van der Waals surface area contributed by atoms with Gasteiger partial charge in [0, 0.05) is 5.02 Å². The number of benzene rings is 2. The van der Waals surface area contributed by atoms with E-state index in [-0.39, 0.29) is 15.9 Å². The molecule has 0 bridgehead atoms. The topological polar surface area (TPSA) is 59.9 Å². The van der Waals surface area contributed by atoms with Crippen LogP contribution in [0.4, 0.5) is 0 Å². The summed E-state index contributed by atoms with van der Waals surface area (Å²) in [6.45, 7) is 0. The minimum atomic E-state index is -3.70. The highest BCUT2D eigenvalue weighted by molar-refractivity contribution is 7.90. The highest BCUT2D eigenvalue weighted by atomic mass is 35.5. The number of fused-ring (bicyclic) bond motifs is 1. The number of hydrogen-bond acceptors (Lipinski definition) is 4. The largest absolute Gasteiger partial charge is 0.232 e. The Morgan fingerprint density at radius 1 is 0.864 bits per heavy atom. The van der Waals surface area contributed by atoms with Crippen LogP contribution in [0.15, 0.2) is 53.6 Å². The van der Waals surface area contributed by atoms with Gasteiger partial charge >= 0.3 is 0 Å². The monoisotopic (exact) mass is 352 g/mol. The van der Waals surface area contributed by atoms with E-state index in [4.69, 9.17) is 23.2 Å². The van der Waals surface area contributed by atoms with Crippen LogP contribution in [0, 0.1) is 0 Å². The molecule has 0 atom stereocenters. The van der Waals surface area contributed by atoms with Gasteiger partial charge in [-0.15, -0.1) is 0 Å². The quantitative estimate of drug-likeness (QED) is 0.716. The zero-order chi connectivity index (χ0) is 15.7. The molecule has 0 radical (unpaired) electrons. The van der Waals surface area contributed by atoms with Gasteiger partial charge in [0.15, 0.2) is 10.2 Å². The molecule has 0 aliphatic rings. The van der Waals surface area contributed by atoms with Crippen molar-refractivity contribution in [2.24, 2.45) is 0 Å². The first-order valence-electron chi connectivity index (χ1n) is 6.35. The molecule has 0 saturated heterocycles. The van der Waals surface area contributed by atoms with Gasteiger partial charge in [0.2, 0.25) is 9.84 Å². The molecule has 0 N–H and O–H groups in total. The molecule has 0 saturated carbocycles. The predicted octanol–water partition coefficient (Wildman–Crippen LogP) is 3.91. The van der Waals surface area contributed by atoms with Crippen LogP contribution in [0.25, 0.3) is 11.0 Å². The summed E-state index contributed by atoms with van der Waals surface area (Å²) in [5.41, 5.74) is 1.65. The Morgan fingerprint density at radius 2 is 1.45 bits per heavy atom. The SMILES string of the molecule is O=S(=O)(Cc1ccc(Cl)cc1)c1nc2ccccc2nc1Cl. The summed E-state index contributed by atoms with van der Waals surface area (Å²) in [6.07, 6.45) is 0. The van der Waals surface area contributed by atoms with Crippen LogP contribution in [-0.2, 0) is 15.6 Å². The van der Waals surface area contributed by atoms with E-state index in [1.54, 1.807) is 48.5 Å². The molecule has 0 aliphatic heterocycles. The van der Waals surface area contributed by atoms with Gasteiger partial charge in [0.1, 0.15) is 0 Å². The van der Waals surface area contributed by atoms with Gasteiger partial charge in [-0.2, -0.15) is 0 Å². The minimum Gasteiger partial charge on any atom is -0.232 e. The van der Waals surface area contributed by atoms with Crippen LogP contribution >= 0.6 is 23.2 Å². The van der Waals surface area contributed by atoms with Gasteiger partial charge in [0.05, 0.1) is 16.8 Å². The number of aromatic nitrogens is 2. The standard InChI is InChI=1S/C15H10Cl2N2O2S/c16-11-7-5-10(6-8-11)9-22(20,21)15-14(17)18-12-3-1-2-4-13(12)19-15/h1-8H,9H2. The van der Waals surface area contributed by atoms with Gasteiger partial charge in [-0.3, -0.25) is 0 Å². The van der Waals surface area contributed by atoms with Crippen molar-refractivity contribution in [3.8, 4) is 0 Å². The van der Waals surface area contributed by atoms with Crippen molar-refractivity contribution >= 4 is 44.1 Å². The average molecular weight is 353 g/mol. The smallest absolute Gasteiger partial charge is 0.202 e. The Balaban J connectivity index is 2.04. The zero-order valence-corrected chi connectivity index (χ0v) is 13.5. The van der Waals surface area contributed by atoms with Crippen molar-refractivity contribution in [1.82, 2.24) is 9.97 Å². The molecule has 3 rings (SSSR count). The summed E-state index contributed by atoms with van der Waals surface area (Å²) in [5.74, 6) is -0.211. The van der Waals surface area contributed by atoms with Gasteiger partial charge < -0.3 is 0 Å². The molecule has 0 spiro atoms. The Bertz CT molecular complexity index is 941. The van der Waals surface area contributed by atoms with Crippen LogP contribution in [0.5, 0.6) is 0 Å². The van der Waals surface area contributed by atoms with Crippen LogP contribution in [0.1, 0.15) is 5.56 Å². The fourth-order valence-corrected chi connectivity index (χ4v) is 3.95. The lowest BCUT2D eigenvalue weighted by Gasteiger charge is -2.07. The number of rotatable bonds is 3. The average Bonchev–Trinajstić information content (AvgIpc) is 2.48. The normalized spacial score (nSPS) is 11.7. The van der Waals surface area contributed by atoms with Gasteiger partial charge in [-0.1, -0.05) is 47.5 Å². The molecule has 0 aliphatic carbocycles. The van der Waals surface area contributed by atoms with Crippen LogP contribution in [-0.4, -0.2) is 18.4 Å². The maximum atomic E-state index is 12.5. The molecule has 22 heavy (non-hydrogen) atoms. The second kappa shape index (κ2) is 5.83. The van der Waals surface area contributed by atoms with Crippen LogP contribution in [0.2, 0.25) is 10.2 Å². The molecule has 0 unspecified atom stereocenters. The van der Waals surface area contributed by atoms with E-state index in [1.165, 1.54) is 0 Å². The Labute approximate surface area is 137 Å². The molecule has 3 aromatic rings. The molecular formula is C15H10Cl2N2O2S. The van der Waals surface area contributed by atoms with Gasteiger partial charge in [-0.05, 0) is 29.8 Å². The number of sulfone groups is 1. The summed E-state index contributed by atoms with van der Waals surface area (Å²) >= 11 is 11.8. The molecule has 1 aromatic heterocycles. The first-order valence-corrected chi connectivity index (χ1v) is 8.76. The number of para-hydroxylation sites is 2. The van der Waals surface area contributed by atoms with E-state index in [9.17, 15) is 8.42 Å². The Hall–Kier alpha value is -1.69. The van der Waals surface area contributed by atoms with Crippen molar-refractivity contribution in [3.63, 3.8) is 0 Å². The third-order valence-electron chi connectivity index (χ3n) is 3.06. The first kappa shape index (κ1) is 15.2. The lowest BCUT2D eigenvalue weighted by Crippen LogP contribution is -2.09. The first-order chi connectivity index (χ1) is 10.5. The highest BCUT2D eigenvalue weighted by Gasteiger charge is 2.22. The van der Waals surface area contributed by atoms with E-state index >= 15 is 0 Å². The van der Waals surface area contributed by atoms with Crippen molar-refractivity contribution in [2.45, 2.75) is 10.8 Å². The fourth-order valence-electron chi connectivity index (χ4n) is 2.03. The molecular weight excluding hydrogens is 343 g/mol. The summed E-state index contributed by atoms with van der Waals surface area (Å²) in [5, 5.41) is 0.222. The Kier molecular flexibility index (Phi) is 4.04. The predicted molar refractivity (Wildman–Crippen MR) is 86.9 cm³/mol. The van der Waals surface area contributed by atoms with Gasteiger partial charge in [-0.25, -0.2) is 18.4 Å². The summed E-state index contributed by atoms with van der Waals surface area (Å²) < 4.78 is 25.1. The summed E-state index contributed by atoms with van der Waals surface area (Å²) in [7, 11) is -3.70. The van der Waals surface area contributed by atoms with E-state index in [0.717, 1.165) is 0 Å². The fraction of sp³-hybridized carbons (Fsp3) is 0.0667. The van der Waals surface area contributed by atoms with Gasteiger partial charge in [0.25, 0.3) is 0 Å². The van der Waals surface area contributed by atoms with E-state index in [0.29, 0.717) is 21.6 Å². The van der Waals surface area contributed by atoms with Crippen molar-refractivity contribution in [1.29, 1.82) is 0 Å². The van der Waals surface area contributed by atoms with Crippen molar-refractivity contribution in [2.75, 3.05) is 0 Å². The van der Waals surface area contributed by atoms with Crippen LogP contribution < -0.4 is 0 Å². The maximum absolute atomic E-state index is 12.5. The molecule has 2 aromatic carbocycles.